The number of nitrogens with zero attached hydrogens (tertiary/aromatic N) is 1. The fourth-order valence-electron chi connectivity index (χ4n) is 8.47. The first-order valence-corrected chi connectivity index (χ1v) is 32.3. The quantitative estimate of drug-likeness (QED) is 0.0211. The van der Waals surface area contributed by atoms with Crippen LogP contribution in [0.4, 0.5) is 0 Å². The molecule has 0 aliphatic carbocycles. The first kappa shape index (κ1) is 72.2. The number of unbranched alkanes of at least 4 members (excludes halogenated alkanes) is 28. The van der Waals surface area contributed by atoms with E-state index in [0.717, 1.165) is 89.9 Å². The molecule has 0 saturated carbocycles. The van der Waals surface area contributed by atoms with E-state index in [4.69, 9.17) is 18.5 Å². The topological polar surface area (TPSA) is 108 Å². The summed E-state index contributed by atoms with van der Waals surface area (Å²) in [5.41, 5.74) is 0. The van der Waals surface area contributed by atoms with E-state index in [1.54, 1.807) is 0 Å². The lowest BCUT2D eigenvalue weighted by Gasteiger charge is -2.24. The predicted molar refractivity (Wildman–Crippen MR) is 321 cm³/mol. The molecular formula is C65H117NO8P+. The van der Waals surface area contributed by atoms with Gasteiger partial charge in [-0.1, -0.05) is 266 Å². The Morgan fingerprint density at radius 2 is 0.760 bits per heavy atom. The van der Waals surface area contributed by atoms with E-state index in [0.29, 0.717) is 17.4 Å². The number of phosphoric acid groups is 1. The van der Waals surface area contributed by atoms with Gasteiger partial charge in [-0.2, -0.15) is 0 Å². The molecule has 75 heavy (non-hydrogen) atoms. The maximum absolute atomic E-state index is 12.8. The number of allylic oxidation sites excluding steroid dienone is 14. The summed E-state index contributed by atoms with van der Waals surface area (Å²) in [5.74, 6) is -0.798. The van der Waals surface area contributed by atoms with Gasteiger partial charge in [0.2, 0.25) is 0 Å². The normalized spacial score (nSPS) is 13.8. The monoisotopic (exact) mass is 1070 g/mol. The SMILES string of the molecule is CC/C=C\C/C=C\C/C=C\C/C=C\C/C=C\C/C=C\C/C=C\CCCCCCCCCCCC(=O)OC(COC(=O)CCCCCCCCCCCCCCCCCCCCCC)COP(=O)(O)OCC[N+](C)(C)C. The van der Waals surface area contributed by atoms with Crippen LogP contribution in [-0.2, 0) is 32.7 Å². The molecule has 0 rings (SSSR count). The van der Waals surface area contributed by atoms with Crippen LogP contribution in [0.2, 0.25) is 0 Å². The van der Waals surface area contributed by atoms with Crippen molar-refractivity contribution < 1.29 is 42.1 Å². The van der Waals surface area contributed by atoms with Crippen molar-refractivity contribution in [2.75, 3.05) is 47.5 Å². The van der Waals surface area contributed by atoms with Crippen molar-refractivity contribution in [2.24, 2.45) is 0 Å². The maximum Gasteiger partial charge on any atom is 0.472 e. The van der Waals surface area contributed by atoms with E-state index in [9.17, 15) is 19.0 Å². The van der Waals surface area contributed by atoms with E-state index >= 15 is 0 Å². The molecule has 0 radical (unpaired) electrons. The van der Waals surface area contributed by atoms with Crippen LogP contribution < -0.4 is 0 Å². The number of esters is 2. The number of rotatable bonds is 56. The molecular weight excluding hydrogens is 954 g/mol. The Bertz CT molecular complexity index is 1540. The fourth-order valence-corrected chi connectivity index (χ4v) is 9.21. The van der Waals surface area contributed by atoms with Crippen molar-refractivity contribution in [3.8, 4) is 0 Å². The van der Waals surface area contributed by atoms with Crippen molar-refractivity contribution in [1.29, 1.82) is 0 Å². The molecule has 9 nitrogen and oxygen atoms in total. The zero-order valence-electron chi connectivity index (χ0n) is 49.3. The summed E-state index contributed by atoms with van der Waals surface area (Å²) in [6, 6.07) is 0. The highest BCUT2D eigenvalue weighted by atomic mass is 31.2. The number of carbonyl (C=O) groups is 2. The standard InChI is InChI=1S/C65H116NO8P/c1-6-8-10-12-14-16-18-20-22-24-26-28-29-30-31-32-33-34-35-36-37-38-40-42-44-46-48-50-52-54-56-58-65(68)74-63(62-73-75(69,70)72-60-59-66(3,4)5)61-71-64(67)57-55-53-51-49-47-45-43-41-39-27-25-23-21-19-17-15-13-11-9-7-2/h8,10,14,16,20,22,26,28,30-31,33-34,36-37,63H,6-7,9,11-13,15,17-19,21,23-25,27,29,32,35,38-62H2,1-5H3/p+1/b10-8-,16-14-,22-20-,28-26-,31-30-,34-33-,37-36-. The summed E-state index contributed by atoms with van der Waals surface area (Å²) in [7, 11) is 1.47. The Balaban J connectivity index is 4.15. The van der Waals surface area contributed by atoms with E-state index in [1.807, 2.05) is 21.1 Å². The minimum Gasteiger partial charge on any atom is -0.462 e. The van der Waals surface area contributed by atoms with Gasteiger partial charge < -0.3 is 18.9 Å². The average molecular weight is 1070 g/mol. The number of quaternary nitrogens is 1. The second-order valence-electron chi connectivity index (χ2n) is 21.7. The summed E-state index contributed by atoms with van der Waals surface area (Å²) in [4.78, 5) is 35.7. The molecule has 2 unspecified atom stereocenters. The van der Waals surface area contributed by atoms with Gasteiger partial charge in [0.25, 0.3) is 0 Å². The lowest BCUT2D eigenvalue weighted by molar-refractivity contribution is -0.870. The molecule has 10 heteroatoms. The Kier molecular flexibility index (Phi) is 53.8. The largest absolute Gasteiger partial charge is 0.472 e. The van der Waals surface area contributed by atoms with Gasteiger partial charge in [-0.3, -0.25) is 18.6 Å². The molecule has 2 atom stereocenters. The first-order chi connectivity index (χ1) is 36.5. The Morgan fingerprint density at radius 1 is 0.427 bits per heavy atom. The summed E-state index contributed by atoms with van der Waals surface area (Å²) >= 11 is 0. The molecule has 1 N–H and O–H groups in total. The highest BCUT2D eigenvalue weighted by Crippen LogP contribution is 2.43. The van der Waals surface area contributed by atoms with Gasteiger partial charge in [-0.15, -0.1) is 0 Å². The molecule has 0 fully saturated rings. The summed E-state index contributed by atoms with van der Waals surface area (Å²) < 4.78 is 34.6. The van der Waals surface area contributed by atoms with Gasteiger partial charge in [0.05, 0.1) is 27.7 Å². The third kappa shape index (κ3) is 60.3. The van der Waals surface area contributed by atoms with Gasteiger partial charge in [0, 0.05) is 12.8 Å². The zero-order valence-corrected chi connectivity index (χ0v) is 50.2. The van der Waals surface area contributed by atoms with Crippen LogP contribution in [0.25, 0.3) is 0 Å². The van der Waals surface area contributed by atoms with Crippen molar-refractivity contribution in [3.05, 3.63) is 85.1 Å². The van der Waals surface area contributed by atoms with E-state index < -0.39 is 26.5 Å². The number of hydrogen-bond acceptors (Lipinski definition) is 7. The fraction of sp³-hybridized carbons (Fsp3) is 0.754. The minimum absolute atomic E-state index is 0.0284. The van der Waals surface area contributed by atoms with Crippen LogP contribution in [0, 0.1) is 0 Å². The van der Waals surface area contributed by atoms with Gasteiger partial charge in [0.15, 0.2) is 6.10 Å². The highest BCUT2D eigenvalue weighted by Gasteiger charge is 2.27. The number of phosphoric ester groups is 1. The highest BCUT2D eigenvalue weighted by molar-refractivity contribution is 7.47. The molecule has 0 bridgehead atoms. The molecule has 0 aromatic rings. The molecule has 0 heterocycles. The van der Waals surface area contributed by atoms with Crippen molar-refractivity contribution in [1.82, 2.24) is 0 Å². The average Bonchev–Trinajstić information content (AvgIpc) is 3.37. The Morgan fingerprint density at radius 3 is 1.13 bits per heavy atom. The van der Waals surface area contributed by atoms with Gasteiger partial charge in [0.1, 0.15) is 19.8 Å². The smallest absolute Gasteiger partial charge is 0.462 e. The lowest BCUT2D eigenvalue weighted by Crippen LogP contribution is -2.37. The third-order valence-electron chi connectivity index (χ3n) is 13.2. The van der Waals surface area contributed by atoms with Crippen LogP contribution in [0.15, 0.2) is 85.1 Å². The Labute approximate surface area is 462 Å². The van der Waals surface area contributed by atoms with Crippen molar-refractivity contribution in [2.45, 2.75) is 270 Å². The predicted octanol–water partition coefficient (Wildman–Crippen LogP) is 19.4. The number of carbonyl (C=O) groups excluding carboxylic acids is 2. The molecule has 0 aromatic carbocycles. The van der Waals surface area contributed by atoms with Crippen LogP contribution >= 0.6 is 7.82 Å². The minimum atomic E-state index is -4.39. The van der Waals surface area contributed by atoms with E-state index in [2.05, 4.69) is 98.9 Å². The first-order valence-electron chi connectivity index (χ1n) is 30.8. The van der Waals surface area contributed by atoms with E-state index in [1.165, 1.54) is 141 Å². The van der Waals surface area contributed by atoms with Crippen LogP contribution in [-0.4, -0.2) is 74.9 Å². The molecule has 0 aliphatic heterocycles. The van der Waals surface area contributed by atoms with E-state index in [-0.39, 0.29) is 32.0 Å². The van der Waals surface area contributed by atoms with Crippen LogP contribution in [0.3, 0.4) is 0 Å². The molecule has 0 amide bonds. The lowest BCUT2D eigenvalue weighted by atomic mass is 10.0. The van der Waals surface area contributed by atoms with Crippen molar-refractivity contribution >= 4 is 19.8 Å². The van der Waals surface area contributed by atoms with Crippen molar-refractivity contribution in [3.63, 3.8) is 0 Å². The summed E-state index contributed by atoms with van der Waals surface area (Å²) in [6.45, 7) is 4.34. The molecule has 0 aromatic heterocycles. The zero-order chi connectivity index (χ0) is 54.9. The molecule has 434 valence electrons. The molecule has 0 saturated heterocycles. The molecule has 0 aliphatic rings. The van der Waals surface area contributed by atoms with Gasteiger partial charge in [-0.25, -0.2) is 4.57 Å². The number of ether oxygens (including phenoxy) is 2. The Hall–Kier alpha value is -2.81. The van der Waals surface area contributed by atoms with Gasteiger partial charge >= 0.3 is 19.8 Å². The third-order valence-corrected chi connectivity index (χ3v) is 14.2. The molecule has 0 spiro atoms. The van der Waals surface area contributed by atoms with Crippen LogP contribution in [0.1, 0.15) is 264 Å². The second-order valence-corrected chi connectivity index (χ2v) is 23.2. The number of likely N-dealkylation sites (N-methyl/N-ethyl adjacent to an activating group) is 1. The van der Waals surface area contributed by atoms with Crippen LogP contribution in [0.5, 0.6) is 0 Å². The number of hydrogen-bond donors (Lipinski definition) is 1. The van der Waals surface area contributed by atoms with Gasteiger partial charge in [-0.05, 0) is 70.6 Å². The second kappa shape index (κ2) is 55.9. The summed E-state index contributed by atoms with van der Waals surface area (Å²) in [6.07, 6.45) is 75.1. The summed E-state index contributed by atoms with van der Waals surface area (Å²) in [5, 5.41) is 0. The maximum atomic E-state index is 12.8.